The van der Waals surface area contributed by atoms with Crippen LogP contribution in [0.5, 0.6) is 0 Å². The quantitative estimate of drug-likeness (QED) is 0.717. The highest BCUT2D eigenvalue weighted by molar-refractivity contribution is 6.07. The van der Waals surface area contributed by atoms with Crippen molar-refractivity contribution in [3.05, 3.63) is 64.2 Å². The molecule has 168 valence electrons. The van der Waals surface area contributed by atoms with Crippen LogP contribution in [0.15, 0.2) is 30.5 Å². The van der Waals surface area contributed by atoms with Gasteiger partial charge in [-0.2, -0.15) is 0 Å². The highest BCUT2D eigenvalue weighted by atomic mass is 19.1. The van der Waals surface area contributed by atoms with Gasteiger partial charge in [-0.25, -0.2) is 9.18 Å². The fourth-order valence-electron chi connectivity index (χ4n) is 4.81. The molecule has 0 radical (unpaired) electrons. The molecule has 1 atom stereocenters. The number of aryl methyl sites for hydroxylation is 2. The van der Waals surface area contributed by atoms with E-state index < -0.39 is 23.3 Å². The van der Waals surface area contributed by atoms with Crippen molar-refractivity contribution in [1.82, 2.24) is 20.5 Å². The molecule has 2 fully saturated rings. The molecule has 0 saturated carbocycles. The number of likely N-dealkylation sites (tertiary alicyclic amines) is 1. The Kier molecular flexibility index (Phi) is 5.71. The molecular weight excluding hydrogens is 411 g/mol. The third-order valence-corrected chi connectivity index (χ3v) is 6.57. The molecule has 3 heterocycles. The number of aromatic nitrogens is 1. The number of benzene rings is 1. The summed E-state index contributed by atoms with van der Waals surface area (Å²) < 4.78 is 15.0. The number of amides is 4. The highest BCUT2D eigenvalue weighted by Gasteiger charge is 2.47. The number of pyridine rings is 1. The van der Waals surface area contributed by atoms with Crippen LogP contribution in [-0.2, 0) is 10.3 Å². The first-order valence-electron chi connectivity index (χ1n) is 10.9. The monoisotopic (exact) mass is 438 g/mol. The Bertz CT molecular complexity index is 1090. The molecule has 4 rings (SSSR count). The number of hydrogen-bond donors (Lipinski definition) is 2. The van der Waals surface area contributed by atoms with Crippen LogP contribution in [0.2, 0.25) is 0 Å². The van der Waals surface area contributed by atoms with E-state index in [1.165, 1.54) is 17.7 Å². The van der Waals surface area contributed by atoms with Crippen molar-refractivity contribution < 1.29 is 18.8 Å². The Hall–Kier alpha value is -3.29. The van der Waals surface area contributed by atoms with E-state index in [4.69, 9.17) is 0 Å². The number of imide groups is 1. The summed E-state index contributed by atoms with van der Waals surface area (Å²) in [5.41, 5.74) is 2.20. The summed E-state index contributed by atoms with van der Waals surface area (Å²) >= 11 is 0. The Labute approximate surface area is 186 Å². The van der Waals surface area contributed by atoms with Crippen molar-refractivity contribution in [3.8, 4) is 0 Å². The van der Waals surface area contributed by atoms with Gasteiger partial charge in [0.1, 0.15) is 11.4 Å². The number of rotatable bonds is 4. The second-order valence-corrected chi connectivity index (χ2v) is 8.64. The van der Waals surface area contributed by atoms with E-state index in [-0.39, 0.29) is 23.5 Å². The standard InChI is InChI=1S/C24H27FN4O3/c1-4-24(22(31)27-23(32)28-24)18-6-5-17(12-19(18)25)21(30)29-9-7-16(8-10-29)20-15(3)11-14(2)13-26-20/h5-6,11-13,16H,4,7-10H2,1-3H3,(H2,27,28,31,32). The summed E-state index contributed by atoms with van der Waals surface area (Å²) in [5.74, 6) is -1.23. The zero-order valence-electron chi connectivity index (χ0n) is 18.5. The molecule has 2 aliphatic heterocycles. The van der Waals surface area contributed by atoms with Crippen molar-refractivity contribution in [3.63, 3.8) is 0 Å². The van der Waals surface area contributed by atoms with E-state index in [9.17, 15) is 14.4 Å². The molecule has 0 aliphatic carbocycles. The van der Waals surface area contributed by atoms with Gasteiger partial charge in [0.05, 0.1) is 0 Å². The lowest BCUT2D eigenvalue weighted by Crippen LogP contribution is -2.44. The minimum absolute atomic E-state index is 0.0551. The maximum Gasteiger partial charge on any atom is 0.322 e. The number of carbonyl (C=O) groups is 3. The molecular formula is C24H27FN4O3. The first-order valence-corrected chi connectivity index (χ1v) is 10.9. The average Bonchev–Trinajstić information content (AvgIpc) is 3.07. The van der Waals surface area contributed by atoms with Gasteiger partial charge in [-0.15, -0.1) is 0 Å². The molecule has 1 unspecified atom stereocenters. The van der Waals surface area contributed by atoms with Gasteiger partial charge in [0.25, 0.3) is 11.8 Å². The van der Waals surface area contributed by atoms with Gasteiger partial charge >= 0.3 is 6.03 Å². The molecule has 4 amide bonds. The van der Waals surface area contributed by atoms with Crippen molar-refractivity contribution in [2.45, 2.75) is 51.5 Å². The summed E-state index contributed by atoms with van der Waals surface area (Å²) in [6.07, 6.45) is 3.66. The van der Waals surface area contributed by atoms with Crippen LogP contribution < -0.4 is 10.6 Å². The van der Waals surface area contributed by atoms with Gasteiger partial charge in [0.2, 0.25) is 0 Å². The topological polar surface area (TPSA) is 91.4 Å². The predicted molar refractivity (Wildman–Crippen MR) is 117 cm³/mol. The SMILES string of the molecule is CCC1(c2ccc(C(=O)N3CCC(c4ncc(C)cc4C)CC3)cc2F)NC(=O)NC1=O. The zero-order valence-corrected chi connectivity index (χ0v) is 18.5. The number of hydrogen-bond acceptors (Lipinski definition) is 4. The molecule has 0 bridgehead atoms. The normalized spacial score (nSPS) is 21.4. The summed E-state index contributed by atoms with van der Waals surface area (Å²) in [7, 11) is 0. The molecule has 2 saturated heterocycles. The molecule has 2 aliphatic rings. The van der Waals surface area contributed by atoms with E-state index in [2.05, 4.69) is 28.6 Å². The second kappa shape index (κ2) is 8.33. The van der Waals surface area contributed by atoms with Gasteiger partial charge in [0.15, 0.2) is 0 Å². The molecule has 1 aromatic heterocycles. The van der Waals surface area contributed by atoms with E-state index in [0.29, 0.717) is 19.0 Å². The molecule has 8 heteroatoms. The molecule has 32 heavy (non-hydrogen) atoms. The number of nitrogens with zero attached hydrogens (tertiary/aromatic N) is 2. The molecule has 0 spiro atoms. The van der Waals surface area contributed by atoms with Crippen LogP contribution in [0.3, 0.4) is 0 Å². The number of carbonyl (C=O) groups excluding carboxylic acids is 3. The van der Waals surface area contributed by atoms with E-state index in [0.717, 1.165) is 30.2 Å². The lowest BCUT2D eigenvalue weighted by Gasteiger charge is -2.32. The molecule has 1 aromatic carbocycles. The largest absolute Gasteiger partial charge is 0.339 e. The van der Waals surface area contributed by atoms with Gasteiger partial charge in [-0.05, 0) is 56.4 Å². The Balaban J connectivity index is 1.48. The summed E-state index contributed by atoms with van der Waals surface area (Å²) in [6, 6.07) is 5.57. The maximum atomic E-state index is 15.0. The molecule has 2 aromatic rings. The van der Waals surface area contributed by atoms with Crippen LogP contribution in [0.4, 0.5) is 9.18 Å². The van der Waals surface area contributed by atoms with E-state index in [1.54, 1.807) is 11.8 Å². The van der Waals surface area contributed by atoms with Crippen LogP contribution in [0.25, 0.3) is 0 Å². The number of piperidine rings is 1. The minimum atomic E-state index is -1.46. The van der Waals surface area contributed by atoms with Gasteiger partial charge in [-0.1, -0.05) is 19.1 Å². The number of nitrogens with one attached hydrogen (secondary N) is 2. The van der Waals surface area contributed by atoms with Crippen LogP contribution in [0.1, 0.15) is 64.8 Å². The van der Waals surface area contributed by atoms with Gasteiger partial charge < -0.3 is 10.2 Å². The van der Waals surface area contributed by atoms with Gasteiger partial charge in [0, 0.05) is 42.0 Å². The Morgan fingerprint density at radius 3 is 2.50 bits per heavy atom. The average molecular weight is 439 g/mol. The van der Waals surface area contributed by atoms with Crippen molar-refractivity contribution in [1.29, 1.82) is 0 Å². The minimum Gasteiger partial charge on any atom is -0.339 e. The molecule has 7 nitrogen and oxygen atoms in total. The Morgan fingerprint density at radius 2 is 1.94 bits per heavy atom. The third kappa shape index (κ3) is 3.74. The molecule has 2 N–H and O–H groups in total. The summed E-state index contributed by atoms with van der Waals surface area (Å²) in [5, 5.41) is 4.69. The number of halogens is 1. The predicted octanol–water partition coefficient (Wildman–Crippen LogP) is 3.30. The maximum absolute atomic E-state index is 15.0. The van der Waals surface area contributed by atoms with Crippen molar-refractivity contribution in [2.24, 2.45) is 0 Å². The first kappa shape index (κ1) is 21.9. The lowest BCUT2D eigenvalue weighted by atomic mass is 9.86. The fraction of sp³-hybridized carbons (Fsp3) is 0.417. The van der Waals surface area contributed by atoms with Crippen LogP contribution in [0, 0.1) is 19.7 Å². The van der Waals surface area contributed by atoms with Crippen molar-refractivity contribution >= 4 is 17.8 Å². The summed E-state index contributed by atoms with van der Waals surface area (Å²) in [6.45, 7) is 6.91. The second-order valence-electron chi connectivity index (χ2n) is 8.64. The highest BCUT2D eigenvalue weighted by Crippen LogP contribution is 2.32. The van der Waals surface area contributed by atoms with Crippen LogP contribution >= 0.6 is 0 Å². The first-order chi connectivity index (χ1) is 15.2. The third-order valence-electron chi connectivity index (χ3n) is 6.57. The fourth-order valence-corrected chi connectivity index (χ4v) is 4.81. The van der Waals surface area contributed by atoms with Crippen LogP contribution in [-0.4, -0.2) is 40.8 Å². The summed E-state index contributed by atoms with van der Waals surface area (Å²) in [4.78, 5) is 43.3. The lowest BCUT2D eigenvalue weighted by molar-refractivity contribution is -0.124. The smallest absolute Gasteiger partial charge is 0.322 e. The van der Waals surface area contributed by atoms with Crippen molar-refractivity contribution in [2.75, 3.05) is 13.1 Å². The Morgan fingerprint density at radius 1 is 1.22 bits per heavy atom. The van der Waals surface area contributed by atoms with E-state index in [1.807, 2.05) is 13.1 Å². The zero-order chi connectivity index (χ0) is 23.0. The number of urea groups is 1. The van der Waals surface area contributed by atoms with Gasteiger partial charge in [-0.3, -0.25) is 19.9 Å². The van der Waals surface area contributed by atoms with E-state index >= 15 is 4.39 Å².